The molecular weight excluding hydrogens is 222 g/mol. The fourth-order valence-corrected chi connectivity index (χ4v) is 3.11. The third kappa shape index (κ3) is 2.20. The molecular formula is C16H19NO. The Labute approximate surface area is 108 Å². The van der Waals surface area contributed by atoms with E-state index in [2.05, 4.69) is 22.9 Å². The monoisotopic (exact) mass is 241 g/mol. The van der Waals surface area contributed by atoms with Crippen LogP contribution in [0.3, 0.4) is 0 Å². The van der Waals surface area contributed by atoms with E-state index < -0.39 is 0 Å². The molecule has 0 unspecified atom stereocenters. The molecule has 0 atom stereocenters. The first-order valence-corrected chi connectivity index (χ1v) is 6.91. The minimum Gasteiger partial charge on any atom is -0.347 e. The average molecular weight is 241 g/mol. The molecule has 1 aliphatic rings. The molecule has 1 heterocycles. The second-order valence-corrected chi connectivity index (χ2v) is 5.38. The van der Waals surface area contributed by atoms with Crippen molar-refractivity contribution in [1.82, 2.24) is 4.57 Å². The van der Waals surface area contributed by atoms with Gasteiger partial charge in [0.25, 0.3) is 0 Å². The zero-order valence-corrected chi connectivity index (χ0v) is 10.6. The van der Waals surface area contributed by atoms with Crippen LogP contribution in [-0.4, -0.2) is 10.9 Å². The quantitative estimate of drug-likeness (QED) is 0.741. The van der Waals surface area contributed by atoms with Gasteiger partial charge in [0.05, 0.1) is 0 Å². The molecule has 1 fully saturated rings. The summed E-state index contributed by atoms with van der Waals surface area (Å²) in [6.45, 7) is 1.11. The number of aryl methyl sites for hydroxylation is 1. The third-order valence-electron chi connectivity index (χ3n) is 4.18. The number of fused-ring (bicyclic) bond motifs is 1. The molecule has 0 N–H and O–H groups in total. The SMILES string of the molecule is O=Cc1ccc2c(ccn2CCC2CCCC2)c1. The number of rotatable bonds is 4. The lowest BCUT2D eigenvalue weighted by Crippen LogP contribution is -2.02. The zero-order valence-electron chi connectivity index (χ0n) is 10.6. The summed E-state index contributed by atoms with van der Waals surface area (Å²) in [5, 5.41) is 1.17. The molecule has 0 spiro atoms. The minimum absolute atomic E-state index is 0.760. The van der Waals surface area contributed by atoms with Gasteiger partial charge in [-0.15, -0.1) is 0 Å². The van der Waals surface area contributed by atoms with E-state index in [9.17, 15) is 4.79 Å². The first-order valence-electron chi connectivity index (χ1n) is 6.91. The van der Waals surface area contributed by atoms with Crippen molar-refractivity contribution in [3.05, 3.63) is 36.0 Å². The normalized spacial score (nSPS) is 16.4. The molecule has 1 aromatic carbocycles. The summed E-state index contributed by atoms with van der Waals surface area (Å²) in [5.74, 6) is 0.927. The van der Waals surface area contributed by atoms with Crippen molar-refractivity contribution >= 4 is 17.2 Å². The summed E-state index contributed by atoms with van der Waals surface area (Å²) in [5.41, 5.74) is 2.01. The maximum Gasteiger partial charge on any atom is 0.150 e. The largest absolute Gasteiger partial charge is 0.347 e. The molecule has 0 amide bonds. The minimum atomic E-state index is 0.760. The summed E-state index contributed by atoms with van der Waals surface area (Å²) in [4.78, 5) is 10.7. The predicted octanol–water partition coefficient (Wildman–Crippen LogP) is 4.03. The topological polar surface area (TPSA) is 22.0 Å². The Bertz CT molecular complexity index is 549. The smallest absolute Gasteiger partial charge is 0.150 e. The molecule has 3 rings (SSSR count). The maximum atomic E-state index is 10.7. The summed E-state index contributed by atoms with van der Waals surface area (Å²) >= 11 is 0. The third-order valence-corrected chi connectivity index (χ3v) is 4.18. The lowest BCUT2D eigenvalue weighted by molar-refractivity contribution is 0.112. The average Bonchev–Trinajstić information content (AvgIpc) is 3.05. The highest BCUT2D eigenvalue weighted by molar-refractivity contribution is 5.87. The van der Waals surface area contributed by atoms with Gasteiger partial charge in [0, 0.05) is 29.2 Å². The van der Waals surface area contributed by atoms with Gasteiger partial charge in [-0.2, -0.15) is 0 Å². The molecule has 1 aromatic heterocycles. The van der Waals surface area contributed by atoms with Crippen molar-refractivity contribution in [3.63, 3.8) is 0 Å². The molecule has 0 radical (unpaired) electrons. The van der Waals surface area contributed by atoms with Gasteiger partial charge in [0.2, 0.25) is 0 Å². The lowest BCUT2D eigenvalue weighted by atomic mass is 10.0. The second-order valence-electron chi connectivity index (χ2n) is 5.38. The highest BCUT2D eigenvalue weighted by Crippen LogP contribution is 2.28. The Morgan fingerprint density at radius 1 is 1.22 bits per heavy atom. The summed E-state index contributed by atoms with van der Waals surface area (Å²) < 4.78 is 2.32. The molecule has 1 saturated carbocycles. The first-order chi connectivity index (χ1) is 8.86. The van der Waals surface area contributed by atoms with Crippen molar-refractivity contribution < 1.29 is 4.79 Å². The van der Waals surface area contributed by atoms with Crippen LogP contribution in [0.15, 0.2) is 30.5 Å². The molecule has 0 aliphatic heterocycles. The van der Waals surface area contributed by atoms with Gasteiger partial charge < -0.3 is 4.57 Å². The molecule has 94 valence electrons. The number of hydrogen-bond donors (Lipinski definition) is 0. The van der Waals surface area contributed by atoms with Crippen molar-refractivity contribution in [2.24, 2.45) is 5.92 Å². The number of aromatic nitrogens is 1. The number of hydrogen-bond acceptors (Lipinski definition) is 1. The predicted molar refractivity (Wildman–Crippen MR) is 73.9 cm³/mol. The van der Waals surface area contributed by atoms with E-state index in [4.69, 9.17) is 0 Å². The number of nitrogens with zero attached hydrogens (tertiary/aromatic N) is 1. The van der Waals surface area contributed by atoms with Gasteiger partial charge in [-0.1, -0.05) is 25.7 Å². The standard InChI is InChI=1S/C16H19NO/c18-12-14-5-6-16-15(11-14)8-10-17(16)9-7-13-3-1-2-4-13/h5-6,8,10-13H,1-4,7,9H2. The molecule has 18 heavy (non-hydrogen) atoms. The summed E-state index contributed by atoms with van der Waals surface area (Å²) in [6.07, 6.45) is 10.0. The zero-order chi connectivity index (χ0) is 12.4. The van der Waals surface area contributed by atoms with E-state index >= 15 is 0 Å². The van der Waals surface area contributed by atoms with Crippen LogP contribution in [0.5, 0.6) is 0 Å². The Kier molecular flexibility index (Phi) is 3.18. The van der Waals surface area contributed by atoms with Gasteiger partial charge >= 0.3 is 0 Å². The summed E-state index contributed by atoms with van der Waals surface area (Å²) in [7, 11) is 0. The molecule has 1 aliphatic carbocycles. The van der Waals surface area contributed by atoms with E-state index in [-0.39, 0.29) is 0 Å². The van der Waals surface area contributed by atoms with Crippen LogP contribution in [0.4, 0.5) is 0 Å². The number of benzene rings is 1. The summed E-state index contributed by atoms with van der Waals surface area (Å²) in [6, 6.07) is 8.04. The highest BCUT2D eigenvalue weighted by Gasteiger charge is 2.14. The van der Waals surface area contributed by atoms with Crippen LogP contribution in [0, 0.1) is 5.92 Å². The highest BCUT2D eigenvalue weighted by atomic mass is 16.1. The molecule has 0 saturated heterocycles. The maximum absolute atomic E-state index is 10.7. The molecule has 2 aromatic rings. The Balaban J connectivity index is 1.77. The second kappa shape index (κ2) is 4.97. The van der Waals surface area contributed by atoms with Gasteiger partial charge in [-0.3, -0.25) is 4.79 Å². The lowest BCUT2D eigenvalue weighted by Gasteiger charge is -2.10. The Morgan fingerprint density at radius 2 is 2.06 bits per heavy atom. The fraction of sp³-hybridized carbons (Fsp3) is 0.438. The van der Waals surface area contributed by atoms with Crippen LogP contribution in [0.25, 0.3) is 10.9 Å². The van der Waals surface area contributed by atoms with Crippen molar-refractivity contribution in [3.8, 4) is 0 Å². The number of carbonyl (C=O) groups excluding carboxylic acids is 1. The van der Waals surface area contributed by atoms with Crippen LogP contribution in [0.1, 0.15) is 42.5 Å². The van der Waals surface area contributed by atoms with E-state index in [1.54, 1.807) is 0 Å². The van der Waals surface area contributed by atoms with E-state index in [1.807, 2.05) is 12.1 Å². The molecule has 0 bridgehead atoms. The Hall–Kier alpha value is -1.57. The van der Waals surface area contributed by atoms with Crippen molar-refractivity contribution in [2.75, 3.05) is 0 Å². The first kappa shape index (κ1) is 11.5. The Morgan fingerprint density at radius 3 is 2.83 bits per heavy atom. The van der Waals surface area contributed by atoms with Gasteiger partial charge in [-0.25, -0.2) is 0 Å². The van der Waals surface area contributed by atoms with E-state index in [0.29, 0.717) is 0 Å². The van der Waals surface area contributed by atoms with Gasteiger partial charge in [-0.05, 0) is 36.6 Å². The van der Waals surface area contributed by atoms with Gasteiger partial charge in [0.1, 0.15) is 6.29 Å². The van der Waals surface area contributed by atoms with Crippen LogP contribution in [-0.2, 0) is 6.54 Å². The van der Waals surface area contributed by atoms with Crippen LogP contribution in [0.2, 0.25) is 0 Å². The molecule has 2 nitrogen and oxygen atoms in total. The van der Waals surface area contributed by atoms with Crippen LogP contribution >= 0.6 is 0 Å². The molecule has 2 heteroatoms. The fourth-order valence-electron chi connectivity index (χ4n) is 3.11. The van der Waals surface area contributed by atoms with Gasteiger partial charge in [0.15, 0.2) is 0 Å². The number of carbonyl (C=O) groups is 1. The van der Waals surface area contributed by atoms with Crippen molar-refractivity contribution in [1.29, 1.82) is 0 Å². The van der Waals surface area contributed by atoms with E-state index in [1.165, 1.54) is 43.0 Å². The van der Waals surface area contributed by atoms with E-state index in [0.717, 1.165) is 24.3 Å². The van der Waals surface area contributed by atoms with Crippen LogP contribution < -0.4 is 0 Å². The van der Waals surface area contributed by atoms with Crippen molar-refractivity contribution in [2.45, 2.75) is 38.6 Å². The number of aldehydes is 1.